The molecule has 0 saturated carbocycles. The second kappa shape index (κ2) is 6.32. The first kappa shape index (κ1) is 16.0. The van der Waals surface area contributed by atoms with Crippen LogP contribution >= 0.6 is 0 Å². The summed E-state index contributed by atoms with van der Waals surface area (Å²) in [5.74, 6) is 2.35. The van der Waals surface area contributed by atoms with E-state index in [4.69, 9.17) is 9.15 Å². The molecule has 1 aliphatic rings. The first-order valence-corrected chi connectivity index (χ1v) is 8.15. The second-order valence-electron chi connectivity index (χ2n) is 7.43. The highest BCUT2D eigenvalue weighted by molar-refractivity contribution is 5.62. The number of ether oxygens (including phenoxy) is 1. The number of nitrogens with zero attached hydrogens (tertiary/aromatic N) is 3. The van der Waals surface area contributed by atoms with Gasteiger partial charge >= 0.3 is 0 Å². The largest absolute Gasteiger partial charge is 0.496 e. The lowest BCUT2D eigenvalue weighted by molar-refractivity contribution is 0.223. The highest BCUT2D eigenvalue weighted by Gasteiger charge is 2.30. The number of rotatable bonds is 4. The van der Waals surface area contributed by atoms with E-state index in [1.54, 1.807) is 7.11 Å². The minimum Gasteiger partial charge on any atom is -0.496 e. The topological polar surface area (TPSA) is 51.4 Å². The first-order chi connectivity index (χ1) is 11.0. The lowest BCUT2D eigenvalue weighted by Crippen LogP contribution is -2.30. The van der Waals surface area contributed by atoms with Crippen molar-refractivity contribution in [2.24, 2.45) is 5.41 Å². The van der Waals surface area contributed by atoms with Crippen LogP contribution in [0, 0.1) is 5.41 Å². The Hall–Kier alpha value is -1.88. The van der Waals surface area contributed by atoms with Crippen LogP contribution in [-0.4, -0.2) is 41.8 Å². The maximum absolute atomic E-state index is 5.95. The second-order valence-corrected chi connectivity index (χ2v) is 7.43. The summed E-state index contributed by atoms with van der Waals surface area (Å²) in [6.07, 6.45) is 1.07. The van der Waals surface area contributed by atoms with Gasteiger partial charge in [-0.1, -0.05) is 32.9 Å². The summed E-state index contributed by atoms with van der Waals surface area (Å²) in [5.41, 5.74) is 1.16. The SMILES string of the molecule is COc1ccccc1-c1nnc([C@H]2CCN(CC(C)(C)C)C2)o1. The lowest BCUT2D eigenvalue weighted by atomic mass is 9.96. The fraction of sp³-hybridized carbons (Fsp3) is 0.556. The summed E-state index contributed by atoms with van der Waals surface area (Å²) in [7, 11) is 1.65. The Morgan fingerprint density at radius 3 is 2.78 bits per heavy atom. The highest BCUT2D eigenvalue weighted by Crippen LogP contribution is 2.33. The standard InChI is InChI=1S/C18H25N3O2/c1-18(2,3)12-21-10-9-13(11-21)16-19-20-17(23-16)14-7-5-6-8-15(14)22-4/h5-8,13H,9-12H2,1-4H3/t13-/m0/s1. The minimum atomic E-state index is 0.312. The molecule has 0 bridgehead atoms. The molecule has 1 fully saturated rings. The smallest absolute Gasteiger partial charge is 0.251 e. The van der Waals surface area contributed by atoms with Crippen LogP contribution in [0.2, 0.25) is 0 Å². The zero-order valence-corrected chi connectivity index (χ0v) is 14.4. The maximum atomic E-state index is 5.95. The van der Waals surface area contributed by atoms with Crippen LogP contribution in [0.4, 0.5) is 0 Å². The Kier molecular flexibility index (Phi) is 4.39. The van der Waals surface area contributed by atoms with Crippen LogP contribution in [0.5, 0.6) is 5.75 Å². The molecule has 2 aromatic rings. The molecule has 0 N–H and O–H groups in total. The molecule has 23 heavy (non-hydrogen) atoms. The van der Waals surface area contributed by atoms with Gasteiger partial charge in [-0.2, -0.15) is 0 Å². The Labute approximate surface area is 137 Å². The van der Waals surface area contributed by atoms with Crippen LogP contribution in [0.3, 0.4) is 0 Å². The predicted octanol–water partition coefficient (Wildman–Crippen LogP) is 3.58. The van der Waals surface area contributed by atoms with Gasteiger partial charge < -0.3 is 14.1 Å². The Morgan fingerprint density at radius 2 is 2.04 bits per heavy atom. The van der Waals surface area contributed by atoms with E-state index in [0.29, 0.717) is 17.2 Å². The summed E-state index contributed by atoms with van der Waals surface area (Å²) < 4.78 is 11.3. The molecule has 1 aliphatic heterocycles. The number of benzene rings is 1. The molecule has 0 aliphatic carbocycles. The molecule has 1 atom stereocenters. The van der Waals surface area contributed by atoms with Gasteiger partial charge in [0.25, 0.3) is 5.89 Å². The van der Waals surface area contributed by atoms with Crippen molar-refractivity contribution in [2.45, 2.75) is 33.1 Å². The molecule has 1 saturated heterocycles. The molecule has 0 spiro atoms. The number of para-hydroxylation sites is 1. The third-order valence-electron chi connectivity index (χ3n) is 4.10. The first-order valence-electron chi connectivity index (χ1n) is 8.15. The normalized spacial score (nSPS) is 19.2. The average molecular weight is 315 g/mol. The van der Waals surface area contributed by atoms with Crippen LogP contribution in [-0.2, 0) is 0 Å². The van der Waals surface area contributed by atoms with Crippen molar-refractivity contribution in [3.8, 4) is 17.2 Å². The highest BCUT2D eigenvalue weighted by atomic mass is 16.5. The van der Waals surface area contributed by atoms with E-state index in [9.17, 15) is 0 Å². The fourth-order valence-electron chi connectivity index (χ4n) is 3.18. The number of hydrogen-bond donors (Lipinski definition) is 0. The monoisotopic (exact) mass is 315 g/mol. The average Bonchev–Trinajstić information content (AvgIpc) is 3.14. The molecule has 0 radical (unpaired) electrons. The number of likely N-dealkylation sites (tertiary alicyclic amines) is 1. The van der Waals surface area contributed by atoms with Crippen molar-refractivity contribution in [1.29, 1.82) is 0 Å². The van der Waals surface area contributed by atoms with Crippen LogP contribution in [0.25, 0.3) is 11.5 Å². The minimum absolute atomic E-state index is 0.312. The fourth-order valence-corrected chi connectivity index (χ4v) is 3.18. The zero-order valence-electron chi connectivity index (χ0n) is 14.4. The van der Waals surface area contributed by atoms with E-state index in [2.05, 4.69) is 35.9 Å². The molecular formula is C18H25N3O2. The molecule has 2 heterocycles. The molecular weight excluding hydrogens is 290 g/mol. The van der Waals surface area contributed by atoms with Gasteiger partial charge in [0.2, 0.25) is 5.89 Å². The summed E-state index contributed by atoms with van der Waals surface area (Å²) in [6, 6.07) is 7.72. The van der Waals surface area contributed by atoms with Gasteiger partial charge in [-0.05, 0) is 30.5 Å². The van der Waals surface area contributed by atoms with E-state index in [1.807, 2.05) is 24.3 Å². The summed E-state index contributed by atoms with van der Waals surface area (Å²) in [6.45, 7) is 9.99. The number of aromatic nitrogens is 2. The van der Waals surface area contributed by atoms with Crippen molar-refractivity contribution in [1.82, 2.24) is 15.1 Å². The van der Waals surface area contributed by atoms with Crippen molar-refractivity contribution < 1.29 is 9.15 Å². The van der Waals surface area contributed by atoms with Gasteiger partial charge in [0.05, 0.1) is 18.6 Å². The number of hydrogen-bond acceptors (Lipinski definition) is 5. The molecule has 3 rings (SSSR count). The Balaban J connectivity index is 1.73. The van der Waals surface area contributed by atoms with Gasteiger partial charge in [0.1, 0.15) is 5.75 Å². The van der Waals surface area contributed by atoms with Crippen molar-refractivity contribution in [3.63, 3.8) is 0 Å². The van der Waals surface area contributed by atoms with E-state index in [1.165, 1.54) is 0 Å². The van der Waals surface area contributed by atoms with E-state index in [0.717, 1.165) is 43.3 Å². The quantitative estimate of drug-likeness (QED) is 0.863. The van der Waals surface area contributed by atoms with Gasteiger partial charge in [0.15, 0.2) is 0 Å². The molecule has 1 aromatic heterocycles. The lowest BCUT2D eigenvalue weighted by Gasteiger charge is -2.25. The molecule has 0 amide bonds. The third kappa shape index (κ3) is 3.72. The van der Waals surface area contributed by atoms with Crippen LogP contribution < -0.4 is 4.74 Å². The zero-order chi connectivity index (χ0) is 16.4. The van der Waals surface area contributed by atoms with Gasteiger partial charge in [-0.25, -0.2) is 0 Å². The Morgan fingerprint density at radius 1 is 1.26 bits per heavy atom. The van der Waals surface area contributed by atoms with Gasteiger partial charge in [-0.3, -0.25) is 0 Å². The van der Waals surface area contributed by atoms with Crippen molar-refractivity contribution in [3.05, 3.63) is 30.2 Å². The van der Waals surface area contributed by atoms with Crippen molar-refractivity contribution >= 4 is 0 Å². The maximum Gasteiger partial charge on any atom is 0.251 e. The van der Waals surface area contributed by atoms with E-state index < -0.39 is 0 Å². The van der Waals surface area contributed by atoms with Crippen molar-refractivity contribution in [2.75, 3.05) is 26.7 Å². The summed E-state index contributed by atoms with van der Waals surface area (Å²) >= 11 is 0. The molecule has 124 valence electrons. The molecule has 5 nitrogen and oxygen atoms in total. The van der Waals surface area contributed by atoms with E-state index >= 15 is 0 Å². The predicted molar refractivity (Wildman–Crippen MR) is 89.5 cm³/mol. The van der Waals surface area contributed by atoms with Crippen LogP contribution in [0.1, 0.15) is 39.0 Å². The molecule has 1 aromatic carbocycles. The molecule has 5 heteroatoms. The molecule has 0 unspecified atom stereocenters. The number of methoxy groups -OCH3 is 1. The third-order valence-corrected chi connectivity index (χ3v) is 4.10. The summed E-state index contributed by atoms with van der Waals surface area (Å²) in [4.78, 5) is 2.48. The van der Waals surface area contributed by atoms with E-state index in [-0.39, 0.29) is 0 Å². The van der Waals surface area contributed by atoms with Crippen LogP contribution in [0.15, 0.2) is 28.7 Å². The van der Waals surface area contributed by atoms with Gasteiger partial charge in [-0.15, -0.1) is 10.2 Å². The summed E-state index contributed by atoms with van der Waals surface area (Å²) in [5, 5.41) is 8.51. The Bertz CT molecular complexity index is 660. The van der Waals surface area contributed by atoms with Gasteiger partial charge in [0, 0.05) is 13.1 Å².